The number of aryl methyl sites for hydroxylation is 1. The van der Waals surface area contributed by atoms with Crippen LogP contribution in [0.1, 0.15) is 18.1 Å². The molecule has 0 saturated carbocycles. The van der Waals surface area contributed by atoms with Gasteiger partial charge in [0, 0.05) is 0 Å². The van der Waals surface area contributed by atoms with Crippen LogP contribution in [0.15, 0.2) is 94.9 Å². The maximum atomic E-state index is 13.1. The van der Waals surface area contributed by atoms with Crippen LogP contribution in [0.3, 0.4) is 0 Å². The summed E-state index contributed by atoms with van der Waals surface area (Å²) in [6.45, 7) is 1.68. The highest BCUT2D eigenvalue weighted by molar-refractivity contribution is 7.92. The molecule has 0 fully saturated rings. The standard InChI is InChI=1S/C23H23N3O3S/c1-2-19-13-15-20(16-14-19)17-24-25-23(27)18-26(21-9-5-3-6-10-21)30(28,29)22-11-7-4-8-12-22/h3-17H,2,18H2,1H3,(H,25,27)/b24-17-. The Kier molecular flexibility index (Phi) is 6.98. The molecule has 0 atom stereocenters. The van der Waals surface area contributed by atoms with E-state index < -0.39 is 22.5 Å². The molecule has 0 heterocycles. The fraction of sp³-hybridized carbons (Fsp3) is 0.130. The topological polar surface area (TPSA) is 78.8 Å². The third kappa shape index (κ3) is 5.33. The largest absolute Gasteiger partial charge is 0.271 e. The smallest absolute Gasteiger partial charge is 0.264 e. The molecule has 0 saturated heterocycles. The molecule has 0 aromatic heterocycles. The lowest BCUT2D eigenvalue weighted by atomic mass is 10.1. The number of benzene rings is 3. The lowest BCUT2D eigenvalue weighted by Crippen LogP contribution is -2.39. The number of nitrogens with zero attached hydrogens (tertiary/aromatic N) is 2. The molecule has 0 spiro atoms. The molecule has 1 amide bonds. The van der Waals surface area contributed by atoms with Gasteiger partial charge in [-0.3, -0.25) is 9.10 Å². The third-order valence-electron chi connectivity index (χ3n) is 4.45. The molecule has 3 rings (SSSR count). The number of carbonyl (C=O) groups excluding carboxylic acids is 1. The average Bonchev–Trinajstić information content (AvgIpc) is 2.79. The van der Waals surface area contributed by atoms with Crippen molar-refractivity contribution >= 4 is 27.8 Å². The van der Waals surface area contributed by atoms with Crippen LogP contribution in [0.2, 0.25) is 0 Å². The van der Waals surface area contributed by atoms with Gasteiger partial charge in [0.25, 0.3) is 15.9 Å². The molecule has 0 radical (unpaired) electrons. The highest BCUT2D eigenvalue weighted by Gasteiger charge is 2.26. The summed E-state index contributed by atoms with van der Waals surface area (Å²) in [6.07, 6.45) is 2.47. The second-order valence-electron chi connectivity index (χ2n) is 6.55. The van der Waals surface area contributed by atoms with Gasteiger partial charge in [0.15, 0.2) is 0 Å². The molecule has 3 aromatic rings. The van der Waals surface area contributed by atoms with Crippen LogP contribution >= 0.6 is 0 Å². The van der Waals surface area contributed by atoms with Crippen LogP contribution < -0.4 is 9.73 Å². The summed E-state index contributed by atoms with van der Waals surface area (Å²) in [7, 11) is -3.91. The normalized spacial score (nSPS) is 11.4. The van der Waals surface area contributed by atoms with E-state index >= 15 is 0 Å². The minimum absolute atomic E-state index is 0.112. The average molecular weight is 422 g/mol. The molecule has 1 N–H and O–H groups in total. The Morgan fingerprint density at radius 3 is 2.13 bits per heavy atom. The molecule has 3 aromatic carbocycles. The molecule has 6 nitrogen and oxygen atoms in total. The Bertz CT molecular complexity index is 1100. The van der Waals surface area contributed by atoms with Crippen molar-refractivity contribution in [2.45, 2.75) is 18.2 Å². The zero-order valence-corrected chi connectivity index (χ0v) is 17.4. The van der Waals surface area contributed by atoms with Crippen molar-refractivity contribution < 1.29 is 13.2 Å². The van der Waals surface area contributed by atoms with Crippen LogP contribution in [0, 0.1) is 0 Å². The van der Waals surface area contributed by atoms with Gasteiger partial charge in [-0.25, -0.2) is 13.8 Å². The number of sulfonamides is 1. The van der Waals surface area contributed by atoms with Crippen LogP contribution in [-0.4, -0.2) is 27.1 Å². The third-order valence-corrected chi connectivity index (χ3v) is 6.24. The summed E-state index contributed by atoms with van der Waals surface area (Å²) < 4.78 is 27.3. The van der Waals surface area contributed by atoms with Crippen LogP contribution in [0.5, 0.6) is 0 Å². The Labute approximate surface area is 176 Å². The van der Waals surface area contributed by atoms with Crippen molar-refractivity contribution in [3.8, 4) is 0 Å². The number of anilines is 1. The molecular formula is C23H23N3O3S. The Balaban J connectivity index is 1.76. The minimum Gasteiger partial charge on any atom is -0.271 e. The SMILES string of the molecule is CCc1ccc(/C=N\NC(=O)CN(c2ccccc2)S(=O)(=O)c2ccccc2)cc1. The first-order valence-electron chi connectivity index (χ1n) is 9.54. The van der Waals surface area contributed by atoms with E-state index in [1.54, 1.807) is 48.5 Å². The monoisotopic (exact) mass is 421 g/mol. The number of para-hydroxylation sites is 1. The number of hydrogen-bond donors (Lipinski definition) is 1. The van der Waals surface area contributed by atoms with Gasteiger partial charge < -0.3 is 0 Å². The molecule has 0 aliphatic carbocycles. The van der Waals surface area contributed by atoms with Gasteiger partial charge in [-0.15, -0.1) is 0 Å². The van der Waals surface area contributed by atoms with Crippen molar-refractivity contribution in [3.63, 3.8) is 0 Å². The molecule has 154 valence electrons. The second kappa shape index (κ2) is 9.84. The number of carbonyl (C=O) groups is 1. The predicted molar refractivity (Wildman–Crippen MR) is 119 cm³/mol. The van der Waals surface area contributed by atoms with Gasteiger partial charge in [0.2, 0.25) is 0 Å². The number of hydrogen-bond acceptors (Lipinski definition) is 4. The van der Waals surface area contributed by atoms with Gasteiger partial charge in [0.1, 0.15) is 6.54 Å². The molecule has 7 heteroatoms. The number of amides is 1. The summed E-state index contributed by atoms with van der Waals surface area (Å²) in [5, 5.41) is 3.95. The van der Waals surface area contributed by atoms with Crippen LogP contribution in [0.25, 0.3) is 0 Å². The summed E-state index contributed by atoms with van der Waals surface area (Å²) in [5.41, 5.74) is 4.85. The van der Waals surface area contributed by atoms with E-state index in [0.717, 1.165) is 16.3 Å². The van der Waals surface area contributed by atoms with E-state index in [1.165, 1.54) is 23.9 Å². The van der Waals surface area contributed by atoms with Gasteiger partial charge in [-0.1, -0.05) is 67.6 Å². The fourth-order valence-electron chi connectivity index (χ4n) is 2.81. The van der Waals surface area contributed by atoms with E-state index in [2.05, 4.69) is 17.5 Å². The van der Waals surface area contributed by atoms with Gasteiger partial charge >= 0.3 is 0 Å². The fourth-order valence-corrected chi connectivity index (χ4v) is 4.26. The van der Waals surface area contributed by atoms with E-state index in [-0.39, 0.29) is 4.90 Å². The van der Waals surface area contributed by atoms with Crippen molar-refractivity contribution in [3.05, 3.63) is 96.1 Å². The lowest BCUT2D eigenvalue weighted by molar-refractivity contribution is -0.119. The van der Waals surface area contributed by atoms with Crippen molar-refractivity contribution in [2.75, 3.05) is 10.8 Å². The first kappa shape index (κ1) is 21.3. The quantitative estimate of drug-likeness (QED) is 0.446. The van der Waals surface area contributed by atoms with Crippen LogP contribution in [0.4, 0.5) is 5.69 Å². The lowest BCUT2D eigenvalue weighted by Gasteiger charge is -2.23. The first-order chi connectivity index (χ1) is 14.5. The molecule has 0 aliphatic rings. The van der Waals surface area contributed by atoms with E-state index in [9.17, 15) is 13.2 Å². The highest BCUT2D eigenvalue weighted by atomic mass is 32.2. The van der Waals surface area contributed by atoms with Crippen molar-refractivity contribution in [1.29, 1.82) is 0 Å². The zero-order valence-electron chi connectivity index (χ0n) is 16.6. The Morgan fingerprint density at radius 1 is 0.933 bits per heavy atom. The molecular weight excluding hydrogens is 398 g/mol. The summed E-state index contributed by atoms with van der Waals surface area (Å²) in [4.78, 5) is 12.6. The Morgan fingerprint density at radius 2 is 1.53 bits per heavy atom. The molecule has 0 aliphatic heterocycles. The highest BCUT2D eigenvalue weighted by Crippen LogP contribution is 2.23. The molecule has 0 bridgehead atoms. The first-order valence-corrected chi connectivity index (χ1v) is 11.0. The molecule has 30 heavy (non-hydrogen) atoms. The van der Waals surface area contributed by atoms with Gasteiger partial charge in [-0.05, 0) is 41.8 Å². The maximum Gasteiger partial charge on any atom is 0.264 e. The maximum absolute atomic E-state index is 13.1. The van der Waals surface area contributed by atoms with Crippen LogP contribution in [-0.2, 0) is 21.2 Å². The Hall–Kier alpha value is -3.45. The number of hydrazone groups is 1. The number of nitrogens with one attached hydrogen (secondary N) is 1. The van der Waals surface area contributed by atoms with Crippen molar-refractivity contribution in [1.82, 2.24) is 5.43 Å². The summed E-state index contributed by atoms with van der Waals surface area (Å²) in [6, 6.07) is 24.3. The van der Waals surface area contributed by atoms with Crippen molar-refractivity contribution in [2.24, 2.45) is 5.10 Å². The van der Waals surface area contributed by atoms with E-state index in [4.69, 9.17) is 0 Å². The summed E-state index contributed by atoms with van der Waals surface area (Å²) >= 11 is 0. The number of rotatable bonds is 8. The zero-order chi connectivity index (χ0) is 21.4. The van der Waals surface area contributed by atoms with Gasteiger partial charge in [-0.2, -0.15) is 5.10 Å². The van der Waals surface area contributed by atoms with E-state index in [1.807, 2.05) is 24.3 Å². The second-order valence-corrected chi connectivity index (χ2v) is 8.41. The predicted octanol–water partition coefficient (Wildman–Crippen LogP) is 3.59. The van der Waals surface area contributed by atoms with E-state index in [0.29, 0.717) is 5.69 Å². The minimum atomic E-state index is -3.91. The summed E-state index contributed by atoms with van der Waals surface area (Å²) in [5.74, 6) is -0.542. The molecule has 0 unspecified atom stereocenters. The van der Waals surface area contributed by atoms with Gasteiger partial charge in [0.05, 0.1) is 16.8 Å².